The molecule has 160 valence electrons. The highest BCUT2D eigenvalue weighted by Gasteiger charge is 2.05. The second-order valence-electron chi connectivity index (χ2n) is 6.52. The van der Waals surface area contributed by atoms with Crippen molar-refractivity contribution in [2.24, 2.45) is 5.73 Å². The molecule has 1 heterocycles. The van der Waals surface area contributed by atoms with E-state index in [-0.39, 0.29) is 12.8 Å². The van der Waals surface area contributed by atoms with E-state index in [4.69, 9.17) is 20.7 Å². The third-order valence-electron chi connectivity index (χ3n) is 4.16. The first-order valence-electron chi connectivity index (χ1n) is 9.78. The average molecular weight is 405 g/mol. The van der Waals surface area contributed by atoms with E-state index in [1.807, 2.05) is 24.4 Å². The number of hydrogen-bond acceptors (Lipinski definition) is 6. The first kappa shape index (κ1) is 24.2. The van der Waals surface area contributed by atoms with Gasteiger partial charge in [-0.25, -0.2) is 0 Å². The van der Waals surface area contributed by atoms with Crippen molar-refractivity contribution in [3.63, 3.8) is 0 Å². The maximum atomic E-state index is 9.64. The maximum Gasteiger partial charge on any atom is 0.303 e. The van der Waals surface area contributed by atoms with Crippen molar-refractivity contribution in [1.82, 2.24) is 4.98 Å². The van der Waals surface area contributed by atoms with Crippen LogP contribution in [0.3, 0.4) is 0 Å². The van der Waals surface area contributed by atoms with Crippen LogP contribution in [0.25, 0.3) is 10.9 Å². The highest BCUT2D eigenvalue weighted by atomic mass is 16.5. The van der Waals surface area contributed by atoms with Gasteiger partial charge in [0.1, 0.15) is 5.75 Å². The number of anilines is 1. The first-order valence-corrected chi connectivity index (χ1v) is 9.78. The number of aromatic nitrogens is 1. The van der Waals surface area contributed by atoms with E-state index >= 15 is 0 Å². The maximum absolute atomic E-state index is 9.64. The van der Waals surface area contributed by atoms with Crippen LogP contribution in [-0.4, -0.2) is 47.3 Å². The molecule has 0 bridgehead atoms. The average Bonchev–Trinajstić information content (AvgIpc) is 2.71. The fourth-order valence-electron chi connectivity index (χ4n) is 2.65. The Morgan fingerprint density at radius 2 is 1.72 bits per heavy atom. The topological polar surface area (TPSA) is 135 Å². The molecule has 0 radical (unpaired) electrons. The summed E-state index contributed by atoms with van der Waals surface area (Å²) in [6.07, 6.45) is 7.27. The Bertz CT molecular complexity index is 753. The van der Waals surface area contributed by atoms with Gasteiger partial charge in [0.25, 0.3) is 0 Å². The largest absolute Gasteiger partial charge is 0.497 e. The molecule has 0 atom stereocenters. The van der Waals surface area contributed by atoms with Crippen LogP contribution in [0.5, 0.6) is 5.75 Å². The van der Waals surface area contributed by atoms with Crippen LogP contribution >= 0.6 is 0 Å². The number of unbranched alkanes of at least 4 members (excludes halogenated alkanes) is 4. The molecular weight excluding hydrogens is 374 g/mol. The summed E-state index contributed by atoms with van der Waals surface area (Å²) in [6.45, 7) is 1.77. The van der Waals surface area contributed by atoms with Gasteiger partial charge in [0, 0.05) is 24.2 Å². The van der Waals surface area contributed by atoms with E-state index in [9.17, 15) is 9.59 Å². The molecule has 0 amide bonds. The number of ether oxygens (including phenoxy) is 1. The van der Waals surface area contributed by atoms with Crippen molar-refractivity contribution in [2.75, 3.05) is 25.5 Å². The van der Waals surface area contributed by atoms with E-state index in [0.717, 1.165) is 48.3 Å². The number of hydrogen-bond donors (Lipinski definition) is 4. The van der Waals surface area contributed by atoms with Gasteiger partial charge in [-0.1, -0.05) is 25.3 Å². The molecule has 0 unspecified atom stereocenters. The van der Waals surface area contributed by atoms with Gasteiger partial charge in [0.05, 0.1) is 31.2 Å². The number of aliphatic carboxylic acids is 2. The highest BCUT2D eigenvalue weighted by molar-refractivity contribution is 5.91. The van der Waals surface area contributed by atoms with Gasteiger partial charge in [-0.3, -0.25) is 14.6 Å². The Kier molecular flexibility index (Phi) is 11.8. The number of carboxylic acids is 2. The number of pyridine rings is 1. The minimum absolute atomic E-state index is 0.296. The van der Waals surface area contributed by atoms with Gasteiger partial charge in [0.15, 0.2) is 0 Å². The molecule has 0 aliphatic carbocycles. The van der Waals surface area contributed by atoms with E-state index < -0.39 is 11.9 Å². The van der Waals surface area contributed by atoms with Gasteiger partial charge in [-0.05, 0) is 31.5 Å². The van der Waals surface area contributed by atoms with Crippen LogP contribution in [0.1, 0.15) is 44.9 Å². The Labute approximate surface area is 171 Å². The lowest BCUT2D eigenvalue weighted by molar-refractivity contribution is -0.143. The molecule has 2 rings (SSSR count). The summed E-state index contributed by atoms with van der Waals surface area (Å²) in [4.78, 5) is 23.7. The second kappa shape index (κ2) is 14.2. The molecule has 8 heteroatoms. The van der Waals surface area contributed by atoms with E-state index in [0.29, 0.717) is 0 Å². The fourth-order valence-corrected chi connectivity index (χ4v) is 2.65. The second-order valence-corrected chi connectivity index (χ2v) is 6.52. The molecule has 5 N–H and O–H groups in total. The zero-order chi connectivity index (χ0) is 21.5. The van der Waals surface area contributed by atoms with Crippen LogP contribution in [-0.2, 0) is 9.59 Å². The number of nitrogens with zero attached hydrogens (tertiary/aromatic N) is 1. The summed E-state index contributed by atoms with van der Waals surface area (Å²) in [5.41, 5.74) is 7.54. The lowest BCUT2D eigenvalue weighted by Gasteiger charge is -2.11. The highest BCUT2D eigenvalue weighted by Crippen LogP contribution is 2.27. The van der Waals surface area contributed by atoms with Gasteiger partial charge in [0.2, 0.25) is 0 Å². The van der Waals surface area contributed by atoms with Crippen molar-refractivity contribution in [1.29, 1.82) is 0 Å². The van der Waals surface area contributed by atoms with E-state index in [1.54, 1.807) is 7.11 Å². The zero-order valence-electron chi connectivity index (χ0n) is 16.9. The number of methoxy groups -OCH3 is 1. The SMILES string of the molecule is COc1cc(NCCCCCCCN)c2ncccc2c1.O=C(O)CCC(=O)O. The third kappa shape index (κ3) is 10.3. The predicted molar refractivity (Wildman–Crippen MR) is 113 cm³/mol. The summed E-state index contributed by atoms with van der Waals surface area (Å²) in [5, 5.41) is 20.4. The lowest BCUT2D eigenvalue weighted by atomic mass is 10.1. The Balaban J connectivity index is 0.000000447. The number of carboxylic acid groups (broad SMARTS) is 2. The van der Waals surface area contributed by atoms with Gasteiger partial charge >= 0.3 is 11.9 Å². The fraction of sp³-hybridized carbons (Fsp3) is 0.476. The monoisotopic (exact) mass is 405 g/mol. The minimum Gasteiger partial charge on any atom is -0.497 e. The summed E-state index contributed by atoms with van der Waals surface area (Å²) in [5.74, 6) is -1.29. The van der Waals surface area contributed by atoms with Crippen LogP contribution in [0.15, 0.2) is 30.5 Å². The molecule has 1 aromatic heterocycles. The molecule has 0 aliphatic heterocycles. The molecule has 2 aromatic rings. The summed E-state index contributed by atoms with van der Waals surface area (Å²) in [6, 6.07) is 8.04. The lowest BCUT2D eigenvalue weighted by Crippen LogP contribution is -2.03. The smallest absolute Gasteiger partial charge is 0.303 e. The number of fused-ring (bicyclic) bond motifs is 1. The number of benzene rings is 1. The summed E-state index contributed by atoms with van der Waals surface area (Å²) in [7, 11) is 1.69. The summed E-state index contributed by atoms with van der Waals surface area (Å²) < 4.78 is 5.36. The number of nitrogens with one attached hydrogen (secondary N) is 1. The molecule has 0 saturated heterocycles. The predicted octanol–water partition coefficient (Wildman–Crippen LogP) is 3.50. The van der Waals surface area contributed by atoms with Crippen LogP contribution < -0.4 is 15.8 Å². The quantitative estimate of drug-likeness (QED) is 0.394. The molecule has 1 aromatic carbocycles. The zero-order valence-corrected chi connectivity index (χ0v) is 16.9. The molecular formula is C21H31N3O5. The number of rotatable bonds is 12. The third-order valence-corrected chi connectivity index (χ3v) is 4.16. The Hall–Kier alpha value is -2.87. The standard InChI is InChI=1S/C17H25N3O.C4H6O4/c1-21-15-12-14-8-7-11-20-17(14)16(13-15)19-10-6-4-2-3-5-9-18;5-3(6)1-2-4(7)8/h7-8,11-13,19H,2-6,9-10,18H2,1H3;1-2H2,(H,5,6)(H,7,8). The van der Waals surface area contributed by atoms with Crippen LogP contribution in [0.4, 0.5) is 5.69 Å². The Morgan fingerprint density at radius 3 is 2.34 bits per heavy atom. The normalized spacial score (nSPS) is 10.1. The van der Waals surface area contributed by atoms with Gasteiger partial charge in [-0.2, -0.15) is 0 Å². The van der Waals surface area contributed by atoms with Crippen LogP contribution in [0, 0.1) is 0 Å². The van der Waals surface area contributed by atoms with Gasteiger partial charge in [-0.15, -0.1) is 0 Å². The molecule has 8 nitrogen and oxygen atoms in total. The molecule has 0 saturated carbocycles. The summed E-state index contributed by atoms with van der Waals surface area (Å²) >= 11 is 0. The van der Waals surface area contributed by atoms with Crippen molar-refractivity contribution in [3.8, 4) is 5.75 Å². The number of nitrogens with two attached hydrogens (primary N) is 1. The van der Waals surface area contributed by atoms with Crippen molar-refractivity contribution in [3.05, 3.63) is 30.5 Å². The molecule has 0 spiro atoms. The molecule has 29 heavy (non-hydrogen) atoms. The van der Waals surface area contributed by atoms with Crippen molar-refractivity contribution < 1.29 is 24.5 Å². The van der Waals surface area contributed by atoms with E-state index in [2.05, 4.69) is 16.4 Å². The van der Waals surface area contributed by atoms with E-state index in [1.165, 1.54) is 19.3 Å². The molecule has 0 fully saturated rings. The van der Waals surface area contributed by atoms with Crippen LogP contribution in [0.2, 0.25) is 0 Å². The first-order chi connectivity index (χ1) is 14.0. The Morgan fingerprint density at radius 1 is 1.07 bits per heavy atom. The van der Waals surface area contributed by atoms with Crippen molar-refractivity contribution in [2.45, 2.75) is 44.9 Å². The van der Waals surface area contributed by atoms with Crippen molar-refractivity contribution >= 4 is 28.5 Å². The number of carbonyl (C=O) groups is 2. The van der Waals surface area contributed by atoms with Gasteiger partial charge < -0.3 is 26.0 Å². The minimum atomic E-state index is -1.08. The molecule has 0 aliphatic rings.